The third-order valence-corrected chi connectivity index (χ3v) is 7.70. The van der Waals surface area contributed by atoms with Crippen LogP contribution in [0.4, 0.5) is 5.69 Å². The number of rotatable bonds is 4. The van der Waals surface area contributed by atoms with Gasteiger partial charge in [0, 0.05) is 53.7 Å². The van der Waals surface area contributed by atoms with E-state index in [9.17, 15) is 4.79 Å². The Kier molecular flexibility index (Phi) is 6.42. The summed E-state index contributed by atoms with van der Waals surface area (Å²) >= 11 is 4.12. The van der Waals surface area contributed by atoms with E-state index in [0.29, 0.717) is 6.04 Å². The Morgan fingerprint density at radius 2 is 2.04 bits per heavy atom. The second-order valence-corrected chi connectivity index (χ2v) is 9.43. The molecule has 1 aromatic heterocycles. The van der Waals surface area contributed by atoms with Gasteiger partial charge in [-0.1, -0.05) is 6.07 Å². The largest absolute Gasteiger partial charge is 0.326 e. The monoisotopic (exact) mass is 402 g/mol. The Labute approximate surface area is 169 Å². The SMILES string of the molecule is O=C(Nc1cccc(-n2cccn2)c1)[C@@H]1CCCN(C2CSCCSC2)C1. The molecule has 1 N–H and O–H groups in total. The van der Waals surface area contributed by atoms with Crippen molar-refractivity contribution in [2.75, 3.05) is 41.4 Å². The normalized spacial score (nSPS) is 22.3. The molecule has 1 amide bonds. The highest BCUT2D eigenvalue weighted by Crippen LogP contribution is 2.26. The summed E-state index contributed by atoms with van der Waals surface area (Å²) in [6, 6.07) is 10.4. The highest BCUT2D eigenvalue weighted by molar-refractivity contribution is 8.03. The minimum atomic E-state index is 0.0744. The van der Waals surface area contributed by atoms with Gasteiger partial charge in [-0.05, 0) is 43.7 Å². The van der Waals surface area contributed by atoms with Crippen molar-refractivity contribution in [2.45, 2.75) is 18.9 Å². The summed E-state index contributed by atoms with van der Waals surface area (Å²) in [5.41, 5.74) is 1.79. The Balaban J connectivity index is 1.38. The van der Waals surface area contributed by atoms with Crippen LogP contribution in [0.2, 0.25) is 0 Å². The average molecular weight is 403 g/mol. The van der Waals surface area contributed by atoms with Crippen molar-refractivity contribution in [1.29, 1.82) is 0 Å². The van der Waals surface area contributed by atoms with Gasteiger partial charge in [0.15, 0.2) is 0 Å². The number of hydrogen-bond donors (Lipinski definition) is 1. The minimum Gasteiger partial charge on any atom is -0.326 e. The van der Waals surface area contributed by atoms with Crippen LogP contribution in [0.3, 0.4) is 0 Å². The number of benzene rings is 1. The second kappa shape index (κ2) is 9.17. The van der Waals surface area contributed by atoms with Crippen LogP contribution in [-0.4, -0.2) is 62.7 Å². The zero-order valence-corrected chi connectivity index (χ0v) is 17.1. The molecule has 27 heavy (non-hydrogen) atoms. The molecule has 3 heterocycles. The molecule has 0 unspecified atom stereocenters. The molecule has 2 aliphatic heterocycles. The molecule has 2 fully saturated rings. The summed E-state index contributed by atoms with van der Waals surface area (Å²) in [6.07, 6.45) is 5.75. The van der Waals surface area contributed by atoms with Crippen LogP contribution in [0, 0.1) is 5.92 Å². The first-order chi connectivity index (χ1) is 13.3. The zero-order valence-electron chi connectivity index (χ0n) is 15.4. The van der Waals surface area contributed by atoms with Crippen molar-refractivity contribution in [3.63, 3.8) is 0 Å². The predicted octanol–water partition coefficient (Wildman–Crippen LogP) is 3.37. The summed E-state index contributed by atoms with van der Waals surface area (Å²) in [4.78, 5) is 15.4. The van der Waals surface area contributed by atoms with Crippen LogP contribution in [0.5, 0.6) is 0 Å². The van der Waals surface area contributed by atoms with Gasteiger partial charge in [0.05, 0.1) is 11.6 Å². The van der Waals surface area contributed by atoms with E-state index in [1.807, 2.05) is 36.5 Å². The molecule has 2 aromatic rings. The van der Waals surface area contributed by atoms with E-state index in [1.165, 1.54) is 23.0 Å². The lowest BCUT2D eigenvalue weighted by Gasteiger charge is -2.37. The number of hydrogen-bond acceptors (Lipinski definition) is 5. The number of anilines is 1. The van der Waals surface area contributed by atoms with Crippen molar-refractivity contribution >= 4 is 35.1 Å². The fourth-order valence-electron chi connectivity index (χ4n) is 3.76. The number of piperidine rings is 1. The van der Waals surface area contributed by atoms with Crippen LogP contribution < -0.4 is 5.32 Å². The minimum absolute atomic E-state index is 0.0744. The number of nitrogens with zero attached hydrogens (tertiary/aromatic N) is 3. The van der Waals surface area contributed by atoms with Crippen LogP contribution >= 0.6 is 23.5 Å². The van der Waals surface area contributed by atoms with Crippen molar-refractivity contribution in [2.24, 2.45) is 5.92 Å². The van der Waals surface area contributed by atoms with E-state index in [1.54, 1.807) is 10.9 Å². The molecule has 4 rings (SSSR count). The van der Waals surface area contributed by atoms with Gasteiger partial charge >= 0.3 is 0 Å². The van der Waals surface area contributed by atoms with E-state index in [4.69, 9.17) is 0 Å². The smallest absolute Gasteiger partial charge is 0.228 e. The van der Waals surface area contributed by atoms with Gasteiger partial charge in [-0.25, -0.2) is 4.68 Å². The van der Waals surface area contributed by atoms with Gasteiger partial charge in [-0.3, -0.25) is 9.69 Å². The van der Waals surface area contributed by atoms with Crippen molar-refractivity contribution in [3.05, 3.63) is 42.7 Å². The number of carbonyl (C=O) groups excluding carboxylic acids is 1. The molecule has 0 aliphatic carbocycles. The molecule has 1 aromatic carbocycles. The molecule has 5 nitrogen and oxygen atoms in total. The fraction of sp³-hybridized carbons (Fsp3) is 0.500. The molecule has 0 bridgehead atoms. The van der Waals surface area contributed by atoms with Gasteiger partial charge in [0.2, 0.25) is 5.91 Å². The van der Waals surface area contributed by atoms with Crippen LogP contribution in [0.15, 0.2) is 42.7 Å². The molecule has 1 atom stereocenters. The number of thioether (sulfide) groups is 2. The first-order valence-electron chi connectivity index (χ1n) is 9.60. The summed E-state index contributed by atoms with van der Waals surface area (Å²) in [7, 11) is 0. The highest BCUT2D eigenvalue weighted by Gasteiger charge is 2.30. The topological polar surface area (TPSA) is 50.2 Å². The predicted molar refractivity (Wildman–Crippen MR) is 115 cm³/mol. The van der Waals surface area contributed by atoms with E-state index >= 15 is 0 Å². The third kappa shape index (κ3) is 4.89. The van der Waals surface area contributed by atoms with E-state index in [2.05, 4.69) is 38.8 Å². The number of nitrogens with one attached hydrogen (secondary N) is 1. The lowest BCUT2D eigenvalue weighted by Crippen LogP contribution is -2.47. The van der Waals surface area contributed by atoms with Crippen LogP contribution in [0.25, 0.3) is 5.69 Å². The number of likely N-dealkylation sites (tertiary alicyclic amines) is 1. The first kappa shape index (κ1) is 18.9. The first-order valence-corrected chi connectivity index (χ1v) is 11.9. The van der Waals surface area contributed by atoms with E-state index in [0.717, 1.165) is 37.3 Å². The molecule has 0 radical (unpaired) electrons. The summed E-state index contributed by atoms with van der Waals surface area (Å²) in [5, 5.41) is 7.39. The maximum atomic E-state index is 12.9. The van der Waals surface area contributed by atoms with Crippen LogP contribution in [-0.2, 0) is 4.79 Å². The van der Waals surface area contributed by atoms with Gasteiger partial charge in [0.25, 0.3) is 0 Å². The van der Waals surface area contributed by atoms with Gasteiger partial charge in [0.1, 0.15) is 0 Å². The maximum Gasteiger partial charge on any atom is 0.228 e. The molecule has 7 heteroatoms. The van der Waals surface area contributed by atoms with Crippen molar-refractivity contribution in [1.82, 2.24) is 14.7 Å². The number of amides is 1. The third-order valence-electron chi connectivity index (χ3n) is 5.22. The second-order valence-electron chi connectivity index (χ2n) is 7.13. The summed E-state index contributed by atoms with van der Waals surface area (Å²) in [6.45, 7) is 2.01. The Hall–Kier alpha value is -1.44. The molecule has 144 valence electrons. The standard InChI is InChI=1S/C20H26N4OS2/c25-20(22-17-5-1-6-18(12-17)24-9-3-7-21-24)16-4-2-8-23(13-16)19-14-26-10-11-27-15-19/h1,3,5-7,9,12,16,19H,2,4,8,10-11,13-15H2,(H,22,25)/t16-/m1/s1. The highest BCUT2D eigenvalue weighted by atomic mass is 32.2. The number of aromatic nitrogens is 2. The van der Waals surface area contributed by atoms with E-state index in [-0.39, 0.29) is 11.8 Å². The van der Waals surface area contributed by atoms with Crippen molar-refractivity contribution in [3.8, 4) is 5.69 Å². The Morgan fingerprint density at radius 3 is 2.81 bits per heavy atom. The quantitative estimate of drug-likeness (QED) is 0.850. The van der Waals surface area contributed by atoms with E-state index < -0.39 is 0 Å². The van der Waals surface area contributed by atoms with Gasteiger partial charge in [-0.2, -0.15) is 28.6 Å². The Bertz CT molecular complexity index is 744. The molecule has 0 saturated carbocycles. The summed E-state index contributed by atoms with van der Waals surface area (Å²) < 4.78 is 1.80. The van der Waals surface area contributed by atoms with Gasteiger partial charge in [-0.15, -0.1) is 0 Å². The molecule has 2 saturated heterocycles. The maximum absolute atomic E-state index is 12.9. The zero-order chi connectivity index (χ0) is 18.5. The van der Waals surface area contributed by atoms with Gasteiger partial charge < -0.3 is 5.32 Å². The Morgan fingerprint density at radius 1 is 1.19 bits per heavy atom. The number of carbonyl (C=O) groups is 1. The fourth-order valence-corrected chi connectivity index (χ4v) is 6.39. The summed E-state index contributed by atoms with van der Waals surface area (Å²) in [5.74, 6) is 5.13. The van der Waals surface area contributed by atoms with Crippen LogP contribution in [0.1, 0.15) is 12.8 Å². The van der Waals surface area contributed by atoms with Crippen molar-refractivity contribution < 1.29 is 4.79 Å². The average Bonchev–Trinajstić information content (AvgIpc) is 3.11. The lowest BCUT2D eigenvalue weighted by molar-refractivity contribution is -0.121. The molecule has 2 aliphatic rings. The molecular formula is C20H26N4OS2. The molecule has 0 spiro atoms. The molecular weight excluding hydrogens is 376 g/mol. The lowest BCUT2D eigenvalue weighted by atomic mass is 9.96.